The topological polar surface area (TPSA) is 30.7 Å². The van der Waals surface area contributed by atoms with Crippen LogP contribution < -0.4 is 0 Å². The minimum Gasteiger partial charge on any atom is -0.317 e. The van der Waals surface area contributed by atoms with Crippen LogP contribution in [0.2, 0.25) is 5.02 Å². The summed E-state index contributed by atoms with van der Waals surface area (Å²) < 4.78 is 2.14. The summed E-state index contributed by atoms with van der Waals surface area (Å²) >= 11 is 14.3. The zero-order chi connectivity index (χ0) is 15.1. The van der Waals surface area contributed by atoms with Gasteiger partial charge in [0.25, 0.3) is 0 Å². The Hall–Kier alpha value is -1.10. The first-order valence-electron chi connectivity index (χ1n) is 6.71. The van der Waals surface area contributed by atoms with Gasteiger partial charge in [-0.05, 0) is 32.9 Å². The maximum Gasteiger partial charge on any atom is 0.128 e. The van der Waals surface area contributed by atoms with Crippen LogP contribution in [0.25, 0.3) is 11.0 Å². The lowest BCUT2D eigenvalue weighted by atomic mass is 10.2. The van der Waals surface area contributed by atoms with E-state index in [1.165, 1.54) is 4.88 Å². The summed E-state index contributed by atoms with van der Waals surface area (Å²) in [6.45, 7) is 6.10. The van der Waals surface area contributed by atoms with Crippen LogP contribution in [0.5, 0.6) is 0 Å². The van der Waals surface area contributed by atoms with E-state index >= 15 is 0 Å². The second-order valence-corrected chi connectivity index (χ2v) is 7.38. The van der Waals surface area contributed by atoms with Gasteiger partial charge in [-0.1, -0.05) is 17.7 Å². The third-order valence-corrected chi connectivity index (χ3v) is 5.02. The molecule has 0 aliphatic rings. The van der Waals surface area contributed by atoms with Gasteiger partial charge in [-0.2, -0.15) is 0 Å². The molecular formula is C15H15Cl2N3S. The number of imidazole rings is 1. The second-order valence-electron chi connectivity index (χ2n) is 5.05. The van der Waals surface area contributed by atoms with E-state index in [0.29, 0.717) is 5.02 Å². The highest BCUT2D eigenvalue weighted by atomic mass is 35.5. The van der Waals surface area contributed by atoms with Gasteiger partial charge in [-0.3, -0.25) is 0 Å². The van der Waals surface area contributed by atoms with Crippen LogP contribution in [-0.2, 0) is 0 Å². The maximum atomic E-state index is 6.33. The minimum atomic E-state index is -0.197. The number of para-hydroxylation sites is 1. The number of benzene rings is 1. The molecule has 6 heteroatoms. The van der Waals surface area contributed by atoms with Gasteiger partial charge in [0.15, 0.2) is 0 Å². The lowest BCUT2D eigenvalue weighted by molar-refractivity contribution is 0.615. The fraction of sp³-hybridized carbons (Fsp3) is 0.333. The van der Waals surface area contributed by atoms with Gasteiger partial charge in [-0.15, -0.1) is 22.9 Å². The summed E-state index contributed by atoms with van der Waals surface area (Å²) in [6, 6.07) is 5.88. The SMILES string of the molecule is Cc1cnc(C(C)n2c(C(C)Cl)nc3c(Cl)cccc32)s1. The molecular weight excluding hydrogens is 325 g/mol. The molecule has 1 aromatic carbocycles. The first-order valence-corrected chi connectivity index (χ1v) is 8.35. The van der Waals surface area contributed by atoms with Crippen molar-refractivity contribution in [1.82, 2.24) is 14.5 Å². The molecule has 0 saturated heterocycles. The number of rotatable bonds is 3. The first kappa shape index (κ1) is 14.8. The Kier molecular flexibility index (Phi) is 3.95. The van der Waals surface area contributed by atoms with Crippen molar-refractivity contribution in [3.8, 4) is 0 Å². The summed E-state index contributed by atoms with van der Waals surface area (Å²) in [5, 5.41) is 1.50. The molecule has 3 aromatic rings. The molecule has 0 radical (unpaired) electrons. The largest absolute Gasteiger partial charge is 0.317 e. The number of thiazole rings is 1. The van der Waals surface area contributed by atoms with Gasteiger partial charge >= 0.3 is 0 Å². The average Bonchev–Trinajstić information content (AvgIpc) is 3.02. The number of halogens is 2. The van der Waals surface area contributed by atoms with Crippen molar-refractivity contribution in [2.24, 2.45) is 0 Å². The summed E-state index contributed by atoms with van der Waals surface area (Å²) in [6.07, 6.45) is 1.90. The monoisotopic (exact) mass is 339 g/mol. The zero-order valence-electron chi connectivity index (χ0n) is 12.0. The van der Waals surface area contributed by atoms with Crippen molar-refractivity contribution in [3.05, 3.63) is 45.1 Å². The Bertz CT molecular complexity index is 791. The molecule has 0 spiro atoms. The van der Waals surface area contributed by atoms with E-state index in [0.717, 1.165) is 21.9 Å². The number of fused-ring (bicyclic) bond motifs is 1. The number of alkyl halides is 1. The van der Waals surface area contributed by atoms with E-state index in [1.807, 2.05) is 31.3 Å². The average molecular weight is 340 g/mol. The standard InChI is InChI=1S/C15H15Cl2N3S/c1-8-7-18-15(21-8)10(3)20-12-6-4-5-11(17)13(12)19-14(20)9(2)16/h4-7,9-10H,1-3H3. The van der Waals surface area contributed by atoms with E-state index in [-0.39, 0.29) is 11.4 Å². The Morgan fingerprint density at radius 2 is 2.05 bits per heavy atom. The summed E-state index contributed by atoms with van der Waals surface area (Å²) in [4.78, 5) is 10.3. The van der Waals surface area contributed by atoms with Gasteiger partial charge in [-0.25, -0.2) is 9.97 Å². The number of nitrogens with zero attached hydrogens (tertiary/aromatic N) is 3. The number of aromatic nitrogens is 3. The second kappa shape index (κ2) is 5.59. The first-order chi connectivity index (χ1) is 9.99. The molecule has 21 heavy (non-hydrogen) atoms. The molecule has 0 fully saturated rings. The third-order valence-electron chi connectivity index (χ3n) is 3.44. The molecule has 3 nitrogen and oxygen atoms in total. The van der Waals surface area contributed by atoms with Crippen LogP contribution in [0.1, 0.15) is 41.0 Å². The Morgan fingerprint density at radius 3 is 2.67 bits per heavy atom. The summed E-state index contributed by atoms with van der Waals surface area (Å²) in [7, 11) is 0. The third kappa shape index (κ3) is 2.56. The molecule has 0 aliphatic heterocycles. The van der Waals surface area contributed by atoms with Gasteiger partial charge in [0.05, 0.1) is 22.0 Å². The molecule has 0 amide bonds. The fourth-order valence-electron chi connectivity index (χ4n) is 2.46. The van der Waals surface area contributed by atoms with Gasteiger partial charge < -0.3 is 4.57 Å². The van der Waals surface area contributed by atoms with Crippen LogP contribution in [0.4, 0.5) is 0 Å². The van der Waals surface area contributed by atoms with Gasteiger partial charge in [0, 0.05) is 11.1 Å². The molecule has 2 heterocycles. The van der Waals surface area contributed by atoms with Crippen molar-refractivity contribution in [2.75, 3.05) is 0 Å². The lowest BCUT2D eigenvalue weighted by Gasteiger charge is -2.16. The van der Waals surface area contributed by atoms with Crippen molar-refractivity contribution >= 4 is 45.6 Å². The predicted octanol–water partition coefficient (Wildman–Crippen LogP) is 5.36. The summed E-state index contributed by atoms with van der Waals surface area (Å²) in [5.74, 6) is 0.820. The molecule has 0 saturated carbocycles. The maximum absolute atomic E-state index is 6.33. The molecule has 3 rings (SSSR count). The zero-order valence-corrected chi connectivity index (χ0v) is 14.3. The smallest absolute Gasteiger partial charge is 0.128 e. The Labute approximate surface area is 137 Å². The number of hydrogen-bond acceptors (Lipinski definition) is 3. The van der Waals surface area contributed by atoms with Crippen LogP contribution in [0, 0.1) is 6.92 Å². The van der Waals surface area contributed by atoms with Gasteiger partial charge in [0.1, 0.15) is 16.3 Å². The van der Waals surface area contributed by atoms with E-state index in [9.17, 15) is 0 Å². The van der Waals surface area contributed by atoms with Gasteiger partial charge in [0.2, 0.25) is 0 Å². The molecule has 2 atom stereocenters. The number of hydrogen-bond donors (Lipinski definition) is 0. The highest BCUT2D eigenvalue weighted by Crippen LogP contribution is 2.34. The predicted molar refractivity (Wildman–Crippen MR) is 89.7 cm³/mol. The highest BCUT2D eigenvalue weighted by Gasteiger charge is 2.22. The highest BCUT2D eigenvalue weighted by molar-refractivity contribution is 7.11. The Morgan fingerprint density at radius 1 is 1.29 bits per heavy atom. The summed E-state index contributed by atoms with van der Waals surface area (Å²) in [5.41, 5.74) is 1.78. The van der Waals surface area contributed by atoms with E-state index in [1.54, 1.807) is 11.3 Å². The van der Waals surface area contributed by atoms with Crippen molar-refractivity contribution < 1.29 is 0 Å². The van der Waals surface area contributed by atoms with E-state index < -0.39 is 0 Å². The van der Waals surface area contributed by atoms with Crippen molar-refractivity contribution in [2.45, 2.75) is 32.2 Å². The van der Waals surface area contributed by atoms with E-state index in [4.69, 9.17) is 23.2 Å². The molecule has 2 unspecified atom stereocenters. The molecule has 0 N–H and O–H groups in total. The quantitative estimate of drug-likeness (QED) is 0.601. The molecule has 0 aliphatic carbocycles. The molecule has 110 valence electrons. The Balaban J connectivity index is 2.24. The van der Waals surface area contributed by atoms with Crippen molar-refractivity contribution in [3.63, 3.8) is 0 Å². The van der Waals surface area contributed by atoms with E-state index in [2.05, 4.69) is 28.4 Å². The minimum absolute atomic E-state index is 0.0726. The normalized spacial score (nSPS) is 14.5. The van der Waals surface area contributed by atoms with Crippen LogP contribution in [0.3, 0.4) is 0 Å². The molecule has 2 aromatic heterocycles. The fourth-order valence-corrected chi connectivity index (χ4v) is 3.65. The number of aryl methyl sites for hydroxylation is 1. The lowest BCUT2D eigenvalue weighted by Crippen LogP contribution is -2.11. The van der Waals surface area contributed by atoms with Crippen molar-refractivity contribution in [1.29, 1.82) is 0 Å². The van der Waals surface area contributed by atoms with Crippen LogP contribution in [0.15, 0.2) is 24.4 Å². The van der Waals surface area contributed by atoms with Crippen LogP contribution in [-0.4, -0.2) is 14.5 Å². The molecule has 0 bridgehead atoms. The van der Waals surface area contributed by atoms with Crippen LogP contribution >= 0.6 is 34.5 Å².